The molecule has 0 aromatic rings. The number of ether oxygens (including phenoxy) is 4. The summed E-state index contributed by atoms with van der Waals surface area (Å²) in [6, 6.07) is 0. The maximum atomic E-state index is 13.0. The first-order chi connectivity index (χ1) is 48.2. The van der Waals surface area contributed by atoms with E-state index < -0.39 is 97.5 Å². The molecule has 17 nitrogen and oxygen atoms in total. The molecule has 0 aliphatic carbocycles. The van der Waals surface area contributed by atoms with E-state index in [2.05, 4.69) is 76.3 Å². The molecule has 0 aromatic carbocycles. The molecular formula is C80H146Na2O17P2. The summed E-state index contributed by atoms with van der Waals surface area (Å²) in [6.07, 6.45) is 70.2. The molecule has 0 saturated heterocycles. The van der Waals surface area contributed by atoms with Crippen molar-refractivity contribution in [1.29, 1.82) is 0 Å². The second-order valence-electron chi connectivity index (χ2n) is 27.3. The molecule has 0 aliphatic rings. The Hall–Kier alpha value is -0.980. The summed E-state index contributed by atoms with van der Waals surface area (Å²) in [6.45, 7) is 4.49. The fraction of sp³-hybridized carbons (Fsp3) is 0.850. The number of esters is 4. The normalized spacial score (nSPS) is 13.9. The van der Waals surface area contributed by atoms with Gasteiger partial charge in [-0.25, -0.2) is 0 Å². The van der Waals surface area contributed by atoms with Crippen LogP contribution in [0.15, 0.2) is 48.6 Å². The van der Waals surface area contributed by atoms with Gasteiger partial charge in [0.25, 0.3) is 15.6 Å². The van der Waals surface area contributed by atoms with Crippen LogP contribution in [0.4, 0.5) is 0 Å². The van der Waals surface area contributed by atoms with E-state index >= 15 is 0 Å². The van der Waals surface area contributed by atoms with Gasteiger partial charge in [0.15, 0.2) is 12.2 Å². The third kappa shape index (κ3) is 79.9. The molecule has 0 amide bonds. The van der Waals surface area contributed by atoms with E-state index in [0.29, 0.717) is 25.7 Å². The van der Waals surface area contributed by atoms with Crippen molar-refractivity contribution in [3.63, 3.8) is 0 Å². The monoisotopic (exact) mass is 1490 g/mol. The molecule has 21 heteroatoms. The van der Waals surface area contributed by atoms with E-state index in [1.165, 1.54) is 148 Å². The van der Waals surface area contributed by atoms with Crippen LogP contribution < -0.4 is 68.9 Å². The van der Waals surface area contributed by atoms with Crippen LogP contribution in [0.3, 0.4) is 0 Å². The van der Waals surface area contributed by atoms with Crippen molar-refractivity contribution in [2.24, 2.45) is 0 Å². The van der Waals surface area contributed by atoms with Crippen LogP contribution >= 0.6 is 15.6 Å². The average molecular weight is 1490 g/mol. The van der Waals surface area contributed by atoms with Gasteiger partial charge >= 0.3 is 83.0 Å². The number of carbonyl (C=O) groups is 4. The molecule has 0 saturated carbocycles. The zero-order chi connectivity index (χ0) is 72.5. The number of unbranched alkanes of at least 4 members (excludes halogenated alkanes) is 43. The first-order valence-corrected chi connectivity index (χ1v) is 43.3. The summed E-state index contributed by atoms with van der Waals surface area (Å²) < 4.78 is 67.7. The molecular weight excluding hydrogens is 1340 g/mol. The molecule has 0 spiro atoms. The Balaban J connectivity index is -0.0000480. The summed E-state index contributed by atoms with van der Waals surface area (Å²) in [5.74, 6) is -2.27. The third-order valence-corrected chi connectivity index (χ3v) is 19.3. The smallest absolute Gasteiger partial charge is 0.756 e. The topological polar surface area (TPSA) is 243 Å². The van der Waals surface area contributed by atoms with Gasteiger partial charge in [-0.2, -0.15) is 0 Å². The first kappa shape index (κ1) is 104. The predicted octanol–water partition coefficient (Wildman–Crippen LogP) is 16.0. The number of phosphoric ester groups is 2. The van der Waals surface area contributed by atoms with Crippen molar-refractivity contribution in [1.82, 2.24) is 0 Å². The maximum absolute atomic E-state index is 13.0. The van der Waals surface area contributed by atoms with Crippen LogP contribution in [0.5, 0.6) is 0 Å². The van der Waals surface area contributed by atoms with Gasteiger partial charge in [0.1, 0.15) is 19.3 Å². The third-order valence-electron chi connectivity index (χ3n) is 17.5. The number of rotatable bonds is 77. The first-order valence-electron chi connectivity index (χ1n) is 40.3. The zero-order valence-corrected chi connectivity index (χ0v) is 71.1. The van der Waals surface area contributed by atoms with Crippen LogP contribution in [0.25, 0.3) is 0 Å². The van der Waals surface area contributed by atoms with Crippen LogP contribution in [0.2, 0.25) is 0 Å². The molecule has 0 bridgehead atoms. The van der Waals surface area contributed by atoms with Gasteiger partial charge in [0.05, 0.1) is 26.4 Å². The summed E-state index contributed by atoms with van der Waals surface area (Å²) >= 11 is 0. The summed E-state index contributed by atoms with van der Waals surface area (Å²) in [5.41, 5.74) is 0. The molecule has 0 heterocycles. The van der Waals surface area contributed by atoms with Gasteiger partial charge in [-0.15, -0.1) is 0 Å². The van der Waals surface area contributed by atoms with E-state index in [-0.39, 0.29) is 84.8 Å². The molecule has 0 radical (unpaired) electrons. The van der Waals surface area contributed by atoms with Crippen molar-refractivity contribution in [2.45, 2.75) is 399 Å². The Kier molecular flexibility index (Phi) is 82.6. The number of aliphatic hydroxyl groups is 1. The molecule has 3 unspecified atom stereocenters. The maximum Gasteiger partial charge on any atom is 1.00 e. The Bertz CT molecular complexity index is 2080. The summed E-state index contributed by atoms with van der Waals surface area (Å²) in [7, 11) is -10.5. The van der Waals surface area contributed by atoms with Crippen molar-refractivity contribution >= 4 is 39.5 Å². The van der Waals surface area contributed by atoms with Gasteiger partial charge < -0.3 is 51.9 Å². The van der Waals surface area contributed by atoms with Crippen LogP contribution in [0, 0.1) is 0 Å². The quantitative estimate of drug-likeness (QED) is 0.0149. The number of allylic oxidation sites excluding steroid dienone is 8. The van der Waals surface area contributed by atoms with E-state index in [0.717, 1.165) is 154 Å². The minimum atomic E-state index is -5.24. The molecule has 0 aliphatic heterocycles. The number of aliphatic hydroxyl groups excluding tert-OH is 1. The number of carbonyl (C=O) groups excluding carboxylic acids is 4. The summed E-state index contributed by atoms with van der Waals surface area (Å²) in [5, 5.41) is 10.6. The minimum Gasteiger partial charge on any atom is -0.756 e. The van der Waals surface area contributed by atoms with Crippen molar-refractivity contribution in [2.75, 3.05) is 39.6 Å². The van der Waals surface area contributed by atoms with Crippen molar-refractivity contribution in [3.05, 3.63) is 48.6 Å². The minimum absolute atomic E-state index is 0. The number of hydrogen-bond acceptors (Lipinski definition) is 17. The Morgan fingerprint density at radius 2 is 0.475 bits per heavy atom. The largest absolute Gasteiger partial charge is 1.00 e. The molecule has 5 atom stereocenters. The van der Waals surface area contributed by atoms with E-state index in [1.54, 1.807) is 0 Å². The second kappa shape index (κ2) is 80.0. The second-order valence-corrected chi connectivity index (χ2v) is 30.1. The van der Waals surface area contributed by atoms with E-state index in [1.807, 2.05) is 0 Å². The zero-order valence-electron chi connectivity index (χ0n) is 65.4. The fourth-order valence-corrected chi connectivity index (χ4v) is 12.8. The molecule has 101 heavy (non-hydrogen) atoms. The van der Waals surface area contributed by atoms with E-state index in [9.17, 15) is 43.2 Å². The Labute approximate surface area is 661 Å². The fourth-order valence-electron chi connectivity index (χ4n) is 11.2. The van der Waals surface area contributed by atoms with Crippen molar-refractivity contribution < 1.29 is 139 Å². The average Bonchev–Trinajstić information content (AvgIpc) is 0.922. The Morgan fingerprint density at radius 1 is 0.287 bits per heavy atom. The number of phosphoric acid groups is 2. The van der Waals surface area contributed by atoms with Gasteiger partial charge in [-0.3, -0.25) is 28.3 Å². The summed E-state index contributed by atoms with van der Waals surface area (Å²) in [4.78, 5) is 77.6. The standard InChI is InChI=1S/C80H148O17P2.2Na/c1-5-9-13-17-21-25-29-33-37-41-45-49-53-57-61-65-78(83)91-71-76(97-80(85)67-63-59-55-51-47-43-39-35-31-27-23-19-15-11-7-3)73-95-99(88,89)93-69-74(81)68-92-98(86,87)94-72-75(70-90-77(82)64-60-56-52-48-44-40-36-32-28-24-20-16-12-8-4)96-79(84)66-62-58-54-50-46-42-38-34-30-26-22-18-14-10-6-2;;/h32-39,74-76,81H,5-31,40-73H2,1-4H3,(H,86,87)(H,88,89);;/q;2*+1/p-2/b36-32+,37-33+,38-34+,39-35-;;/t74?,75-,76-;;/m1../s1. The van der Waals surface area contributed by atoms with Crippen LogP contribution in [0.1, 0.15) is 381 Å². The Morgan fingerprint density at radius 3 is 0.703 bits per heavy atom. The van der Waals surface area contributed by atoms with Crippen molar-refractivity contribution in [3.8, 4) is 0 Å². The molecule has 0 fully saturated rings. The SMILES string of the molecule is CCCCCCC/C=C/CCCCCCCC(=O)OC[C@H](COP(=O)([O-])OCC(O)COP(=O)([O-])OC[C@@H](COC(=O)CCCCCCC/C=C/CCCCCCCC)OC(=O)CCCCCCC/C=C\CCCCCCCC)OC(=O)CCCCCCC/C=C/CCCCCCCC.[Na+].[Na+]. The van der Waals surface area contributed by atoms with Gasteiger partial charge in [-0.05, 0) is 128 Å². The molecule has 580 valence electrons. The molecule has 1 N–H and O–H groups in total. The van der Waals surface area contributed by atoms with E-state index in [4.69, 9.17) is 37.0 Å². The molecule has 0 aromatic heterocycles. The van der Waals surface area contributed by atoms with Gasteiger partial charge in [0, 0.05) is 25.7 Å². The molecule has 0 rings (SSSR count). The van der Waals surface area contributed by atoms with Gasteiger partial charge in [0.2, 0.25) is 0 Å². The number of hydrogen-bond donors (Lipinski definition) is 1. The van der Waals surface area contributed by atoms with Crippen LogP contribution in [-0.4, -0.2) is 86.9 Å². The van der Waals surface area contributed by atoms with Crippen LogP contribution in [-0.2, 0) is 65.4 Å². The predicted molar refractivity (Wildman–Crippen MR) is 400 cm³/mol. The van der Waals surface area contributed by atoms with Gasteiger partial charge in [-0.1, -0.05) is 275 Å².